The van der Waals surface area contributed by atoms with Gasteiger partial charge in [-0.2, -0.15) is 0 Å². The molecule has 174 valence electrons. The van der Waals surface area contributed by atoms with E-state index in [-0.39, 0.29) is 12.5 Å². The lowest BCUT2D eigenvalue weighted by Crippen LogP contribution is -2.39. The van der Waals surface area contributed by atoms with E-state index in [2.05, 4.69) is 15.6 Å². The summed E-state index contributed by atoms with van der Waals surface area (Å²) in [5.41, 5.74) is 1.09. The summed E-state index contributed by atoms with van der Waals surface area (Å²) in [6.07, 6.45) is 3.44. The summed E-state index contributed by atoms with van der Waals surface area (Å²) in [7, 11) is 4.95. The van der Waals surface area contributed by atoms with Crippen molar-refractivity contribution in [2.45, 2.75) is 13.0 Å². The summed E-state index contributed by atoms with van der Waals surface area (Å²) in [5, 5.41) is 5.60. The van der Waals surface area contributed by atoms with Gasteiger partial charge in [0.05, 0.1) is 32.9 Å². The number of rotatable bonds is 10. The van der Waals surface area contributed by atoms with E-state index in [0.717, 1.165) is 5.56 Å². The molecule has 1 aromatic heterocycles. The number of amides is 2. The molecule has 33 heavy (non-hydrogen) atoms. The van der Waals surface area contributed by atoms with Gasteiger partial charge in [-0.15, -0.1) is 0 Å². The van der Waals surface area contributed by atoms with Gasteiger partial charge in [-0.1, -0.05) is 12.1 Å². The molecule has 9 nitrogen and oxygen atoms in total. The molecule has 2 amide bonds. The highest BCUT2D eigenvalue weighted by atomic mass is 16.5. The van der Waals surface area contributed by atoms with Crippen LogP contribution in [0.3, 0.4) is 0 Å². The van der Waals surface area contributed by atoms with E-state index in [4.69, 9.17) is 14.2 Å². The Hall–Kier alpha value is -4.01. The van der Waals surface area contributed by atoms with Crippen molar-refractivity contribution in [2.24, 2.45) is 7.05 Å². The SMILES string of the molecule is CCOc1ccccc1C(=O)NCC(=O)NC(c1cc(OC)cc(OC)c1)c1nccn1C. The molecule has 0 saturated carbocycles. The number of methoxy groups -OCH3 is 2. The summed E-state index contributed by atoms with van der Waals surface area (Å²) < 4.78 is 18.1. The molecular formula is C24H28N4O5. The summed E-state index contributed by atoms with van der Waals surface area (Å²) in [6.45, 7) is 2.05. The van der Waals surface area contributed by atoms with E-state index in [1.165, 1.54) is 0 Å². The number of para-hydroxylation sites is 1. The molecule has 9 heteroatoms. The predicted octanol–water partition coefficient (Wildman–Crippen LogP) is 2.47. The molecule has 3 aromatic rings. The summed E-state index contributed by atoms with van der Waals surface area (Å²) in [4.78, 5) is 29.9. The zero-order valence-electron chi connectivity index (χ0n) is 19.1. The second-order valence-electron chi connectivity index (χ2n) is 7.15. The molecule has 0 aliphatic heterocycles. The minimum atomic E-state index is -0.589. The Kier molecular flexibility index (Phi) is 7.91. The third kappa shape index (κ3) is 5.82. The first-order valence-corrected chi connectivity index (χ1v) is 10.5. The Morgan fingerprint density at radius 1 is 1.09 bits per heavy atom. The number of nitrogens with zero attached hydrogens (tertiary/aromatic N) is 2. The Balaban J connectivity index is 1.78. The molecule has 0 radical (unpaired) electrons. The molecule has 3 rings (SSSR count). The number of aryl methyl sites for hydroxylation is 1. The average Bonchev–Trinajstić information content (AvgIpc) is 3.26. The van der Waals surface area contributed by atoms with E-state index in [1.54, 1.807) is 69.1 Å². The van der Waals surface area contributed by atoms with Gasteiger partial charge in [0.1, 0.15) is 29.1 Å². The largest absolute Gasteiger partial charge is 0.497 e. The minimum Gasteiger partial charge on any atom is -0.497 e. The third-order valence-corrected chi connectivity index (χ3v) is 4.97. The molecule has 0 fully saturated rings. The van der Waals surface area contributed by atoms with E-state index in [1.807, 2.05) is 18.5 Å². The molecule has 0 aliphatic rings. The second kappa shape index (κ2) is 11.0. The van der Waals surface area contributed by atoms with Crippen molar-refractivity contribution >= 4 is 11.8 Å². The van der Waals surface area contributed by atoms with Crippen LogP contribution in [0.15, 0.2) is 54.9 Å². The zero-order valence-corrected chi connectivity index (χ0v) is 19.1. The van der Waals surface area contributed by atoms with Gasteiger partial charge < -0.3 is 29.4 Å². The summed E-state index contributed by atoms with van der Waals surface area (Å²) in [6, 6.07) is 11.7. The van der Waals surface area contributed by atoms with E-state index in [0.29, 0.717) is 35.2 Å². The number of carbonyl (C=O) groups is 2. The van der Waals surface area contributed by atoms with Crippen molar-refractivity contribution in [3.63, 3.8) is 0 Å². The maximum atomic E-state index is 12.8. The van der Waals surface area contributed by atoms with Crippen LogP contribution in [0.2, 0.25) is 0 Å². The Morgan fingerprint density at radius 2 is 1.79 bits per heavy atom. The molecule has 0 saturated heterocycles. The standard InChI is InChI=1S/C24H28N4O5/c1-5-33-20-9-7-6-8-19(20)24(30)26-15-21(29)27-22(23-25-10-11-28(23)2)16-12-17(31-3)14-18(13-16)32-4/h6-14,22H,5,15H2,1-4H3,(H,26,30)(H,27,29). The Labute approximate surface area is 192 Å². The number of hydrogen-bond acceptors (Lipinski definition) is 6. The van der Waals surface area contributed by atoms with Crippen molar-refractivity contribution in [3.05, 3.63) is 71.8 Å². The molecule has 1 atom stereocenters. The van der Waals surface area contributed by atoms with Crippen LogP contribution in [0.5, 0.6) is 17.2 Å². The van der Waals surface area contributed by atoms with Crippen LogP contribution in [0.25, 0.3) is 0 Å². The van der Waals surface area contributed by atoms with Crippen molar-refractivity contribution in [2.75, 3.05) is 27.4 Å². The van der Waals surface area contributed by atoms with Crippen molar-refractivity contribution in [1.82, 2.24) is 20.2 Å². The maximum absolute atomic E-state index is 12.8. The number of nitrogens with one attached hydrogen (secondary N) is 2. The lowest BCUT2D eigenvalue weighted by Gasteiger charge is -2.21. The van der Waals surface area contributed by atoms with Gasteiger partial charge in [0.2, 0.25) is 5.91 Å². The van der Waals surface area contributed by atoms with Crippen molar-refractivity contribution < 1.29 is 23.8 Å². The van der Waals surface area contributed by atoms with Gasteiger partial charge in [0.25, 0.3) is 5.91 Å². The molecule has 2 aromatic carbocycles. The van der Waals surface area contributed by atoms with Gasteiger partial charge >= 0.3 is 0 Å². The van der Waals surface area contributed by atoms with E-state index >= 15 is 0 Å². The lowest BCUT2D eigenvalue weighted by molar-refractivity contribution is -0.120. The van der Waals surface area contributed by atoms with Crippen molar-refractivity contribution in [3.8, 4) is 17.2 Å². The molecular weight excluding hydrogens is 424 g/mol. The van der Waals surface area contributed by atoms with Crippen LogP contribution in [-0.2, 0) is 11.8 Å². The highest BCUT2D eigenvalue weighted by Crippen LogP contribution is 2.29. The normalized spacial score (nSPS) is 11.4. The van der Waals surface area contributed by atoms with Gasteiger partial charge in [-0.05, 0) is 36.8 Å². The van der Waals surface area contributed by atoms with Crippen LogP contribution in [0.4, 0.5) is 0 Å². The van der Waals surface area contributed by atoms with Crippen LogP contribution in [-0.4, -0.2) is 48.7 Å². The van der Waals surface area contributed by atoms with Gasteiger partial charge in [-0.25, -0.2) is 4.98 Å². The van der Waals surface area contributed by atoms with Crippen molar-refractivity contribution in [1.29, 1.82) is 0 Å². The van der Waals surface area contributed by atoms with Crippen LogP contribution in [0, 0.1) is 0 Å². The van der Waals surface area contributed by atoms with Crippen LogP contribution >= 0.6 is 0 Å². The smallest absolute Gasteiger partial charge is 0.255 e. The van der Waals surface area contributed by atoms with Crippen LogP contribution in [0.1, 0.15) is 34.7 Å². The Morgan fingerprint density at radius 3 is 2.39 bits per heavy atom. The predicted molar refractivity (Wildman–Crippen MR) is 123 cm³/mol. The molecule has 0 spiro atoms. The third-order valence-electron chi connectivity index (χ3n) is 4.97. The zero-order chi connectivity index (χ0) is 23.8. The average molecular weight is 453 g/mol. The van der Waals surface area contributed by atoms with E-state index < -0.39 is 11.9 Å². The minimum absolute atomic E-state index is 0.221. The number of aromatic nitrogens is 2. The molecule has 2 N–H and O–H groups in total. The quantitative estimate of drug-likeness (QED) is 0.490. The first-order chi connectivity index (χ1) is 16.0. The fourth-order valence-corrected chi connectivity index (χ4v) is 3.35. The Bertz CT molecular complexity index is 1090. The molecule has 0 aliphatic carbocycles. The first-order valence-electron chi connectivity index (χ1n) is 10.5. The topological polar surface area (TPSA) is 104 Å². The highest BCUT2D eigenvalue weighted by Gasteiger charge is 2.23. The number of ether oxygens (including phenoxy) is 3. The lowest BCUT2D eigenvalue weighted by atomic mass is 10.0. The molecule has 1 heterocycles. The fourth-order valence-electron chi connectivity index (χ4n) is 3.35. The monoisotopic (exact) mass is 452 g/mol. The second-order valence-corrected chi connectivity index (χ2v) is 7.15. The van der Waals surface area contributed by atoms with Gasteiger partial charge in [0.15, 0.2) is 0 Å². The fraction of sp³-hybridized carbons (Fsp3) is 0.292. The highest BCUT2D eigenvalue weighted by molar-refractivity contribution is 5.98. The summed E-state index contributed by atoms with van der Waals surface area (Å²) >= 11 is 0. The number of hydrogen-bond donors (Lipinski definition) is 2. The van der Waals surface area contributed by atoms with Gasteiger partial charge in [-0.3, -0.25) is 9.59 Å². The molecule has 1 unspecified atom stereocenters. The van der Waals surface area contributed by atoms with E-state index in [9.17, 15) is 9.59 Å². The first kappa shape index (κ1) is 23.6. The number of imidazole rings is 1. The molecule has 0 bridgehead atoms. The number of carbonyl (C=O) groups excluding carboxylic acids is 2. The van der Waals surface area contributed by atoms with Gasteiger partial charge in [0, 0.05) is 25.5 Å². The van der Waals surface area contributed by atoms with Crippen LogP contribution < -0.4 is 24.8 Å². The maximum Gasteiger partial charge on any atom is 0.255 e. The summed E-state index contributed by atoms with van der Waals surface area (Å²) in [5.74, 6) is 1.47. The number of benzene rings is 2.